The highest BCUT2D eigenvalue weighted by molar-refractivity contribution is 6.04. The Hall–Kier alpha value is -2.04. The molecule has 2 rings (SSSR count). The fourth-order valence-electron chi connectivity index (χ4n) is 1.83. The molecule has 1 aromatic carbocycles. The van der Waals surface area contributed by atoms with Gasteiger partial charge in [-0.15, -0.1) is 5.10 Å². The van der Waals surface area contributed by atoms with Gasteiger partial charge in [-0.25, -0.2) is 0 Å². The van der Waals surface area contributed by atoms with E-state index < -0.39 is 0 Å². The molecule has 0 aliphatic carbocycles. The minimum Gasteiger partial charge on any atom is -0.487 e. The first-order valence-electron chi connectivity index (χ1n) is 5.42. The molecule has 0 saturated heterocycles. The van der Waals surface area contributed by atoms with Crippen LogP contribution in [0.25, 0.3) is 0 Å². The zero-order valence-electron chi connectivity index (χ0n) is 9.97. The summed E-state index contributed by atoms with van der Waals surface area (Å²) in [6, 6.07) is 7.73. The van der Waals surface area contributed by atoms with Crippen LogP contribution in [-0.4, -0.2) is 17.3 Å². The summed E-state index contributed by atoms with van der Waals surface area (Å²) in [7, 11) is 0. The van der Waals surface area contributed by atoms with Gasteiger partial charge in [-0.3, -0.25) is 0 Å². The van der Waals surface area contributed by atoms with Crippen LogP contribution in [0.5, 0.6) is 5.75 Å². The number of hydrogen-bond acceptors (Lipinski definition) is 3. The van der Waals surface area contributed by atoms with E-state index >= 15 is 0 Å². The topological polar surface area (TPSA) is 86.0 Å². The predicted octanol–water partition coefficient (Wildman–Crippen LogP) is 1.23. The van der Waals surface area contributed by atoms with E-state index in [2.05, 4.69) is 10.2 Å². The number of nitrogens with two attached hydrogens (primary N) is 2. The highest BCUT2D eigenvalue weighted by Gasteiger charge is 2.30. The van der Waals surface area contributed by atoms with Crippen LogP contribution >= 0.6 is 0 Å². The molecule has 90 valence electrons. The van der Waals surface area contributed by atoms with Crippen molar-refractivity contribution in [1.29, 1.82) is 0 Å². The van der Waals surface area contributed by atoms with Crippen LogP contribution in [0.1, 0.15) is 25.8 Å². The van der Waals surface area contributed by atoms with E-state index in [-0.39, 0.29) is 11.6 Å². The van der Waals surface area contributed by atoms with Gasteiger partial charge < -0.3 is 16.2 Å². The average molecular weight is 232 g/mol. The number of benzene rings is 1. The molecule has 1 heterocycles. The fourth-order valence-corrected chi connectivity index (χ4v) is 1.83. The molecule has 1 aliphatic heterocycles. The van der Waals surface area contributed by atoms with Crippen molar-refractivity contribution in [3.8, 4) is 5.75 Å². The third-order valence-corrected chi connectivity index (χ3v) is 2.46. The van der Waals surface area contributed by atoms with Gasteiger partial charge in [0.25, 0.3) is 0 Å². The molecule has 0 saturated carbocycles. The molecule has 0 unspecified atom stereocenters. The van der Waals surface area contributed by atoms with Gasteiger partial charge >= 0.3 is 0 Å². The summed E-state index contributed by atoms with van der Waals surface area (Å²) in [5, 5.41) is 7.81. The Balaban J connectivity index is 2.47. The van der Waals surface area contributed by atoms with Crippen LogP contribution in [0.3, 0.4) is 0 Å². The average Bonchev–Trinajstić information content (AvgIpc) is 2.24. The maximum atomic E-state index is 5.86. The summed E-state index contributed by atoms with van der Waals surface area (Å²) in [5.41, 5.74) is 12.1. The Morgan fingerprint density at radius 2 is 2.00 bits per heavy atom. The molecular weight excluding hydrogens is 216 g/mol. The summed E-state index contributed by atoms with van der Waals surface area (Å²) >= 11 is 0. The second-order valence-electron chi connectivity index (χ2n) is 4.61. The first kappa shape index (κ1) is 11.4. The molecular formula is C12H16N4O. The van der Waals surface area contributed by atoms with Gasteiger partial charge in [-0.1, -0.05) is 12.1 Å². The predicted molar refractivity (Wildman–Crippen MR) is 68.1 cm³/mol. The van der Waals surface area contributed by atoms with Crippen molar-refractivity contribution in [2.24, 2.45) is 21.7 Å². The van der Waals surface area contributed by atoms with Crippen molar-refractivity contribution in [3.05, 3.63) is 29.8 Å². The molecule has 0 fully saturated rings. The summed E-state index contributed by atoms with van der Waals surface area (Å²) in [4.78, 5) is 0. The Morgan fingerprint density at radius 1 is 1.29 bits per heavy atom. The molecule has 0 radical (unpaired) electrons. The molecule has 0 bridgehead atoms. The van der Waals surface area contributed by atoms with Crippen LogP contribution in [0.15, 0.2) is 34.5 Å². The number of para-hydroxylation sites is 1. The van der Waals surface area contributed by atoms with Gasteiger partial charge in [0, 0.05) is 12.0 Å². The maximum Gasteiger partial charge on any atom is 0.211 e. The molecule has 0 atom stereocenters. The summed E-state index contributed by atoms with van der Waals surface area (Å²) in [5.74, 6) is 0.771. The number of rotatable bonds is 1. The number of nitrogens with zero attached hydrogens (tertiary/aromatic N) is 2. The lowest BCUT2D eigenvalue weighted by Crippen LogP contribution is -2.36. The lowest BCUT2D eigenvalue weighted by molar-refractivity contribution is 0.111. The van der Waals surface area contributed by atoms with Crippen molar-refractivity contribution >= 4 is 11.7 Å². The molecule has 4 N–H and O–H groups in total. The number of guanidine groups is 1. The quantitative estimate of drug-likeness (QED) is 0.433. The summed E-state index contributed by atoms with van der Waals surface area (Å²) in [6.07, 6.45) is 0.667. The van der Waals surface area contributed by atoms with Crippen molar-refractivity contribution in [2.45, 2.75) is 25.9 Å². The Bertz CT molecular complexity index is 487. The van der Waals surface area contributed by atoms with Gasteiger partial charge in [-0.2, -0.15) is 5.10 Å². The van der Waals surface area contributed by atoms with E-state index in [1.807, 2.05) is 38.1 Å². The van der Waals surface area contributed by atoms with Crippen molar-refractivity contribution in [1.82, 2.24) is 0 Å². The van der Waals surface area contributed by atoms with E-state index in [1.54, 1.807) is 0 Å². The Kier molecular flexibility index (Phi) is 2.75. The zero-order valence-corrected chi connectivity index (χ0v) is 9.97. The lowest BCUT2D eigenvalue weighted by atomic mass is 9.92. The van der Waals surface area contributed by atoms with Gasteiger partial charge in [0.2, 0.25) is 5.96 Å². The summed E-state index contributed by atoms with van der Waals surface area (Å²) in [6.45, 7) is 4.02. The van der Waals surface area contributed by atoms with E-state index in [9.17, 15) is 0 Å². The first-order valence-corrected chi connectivity index (χ1v) is 5.42. The molecule has 1 aromatic rings. The Morgan fingerprint density at radius 3 is 2.71 bits per heavy atom. The largest absolute Gasteiger partial charge is 0.487 e. The minimum atomic E-state index is -0.300. The molecule has 1 aliphatic rings. The van der Waals surface area contributed by atoms with Gasteiger partial charge in [-0.05, 0) is 26.0 Å². The Labute approximate surface area is 100 Å². The molecule has 5 heteroatoms. The third kappa shape index (κ3) is 2.55. The van der Waals surface area contributed by atoms with Gasteiger partial charge in [0.05, 0.1) is 5.71 Å². The van der Waals surface area contributed by atoms with Gasteiger partial charge in [0.1, 0.15) is 11.4 Å². The van der Waals surface area contributed by atoms with Crippen molar-refractivity contribution < 1.29 is 4.74 Å². The van der Waals surface area contributed by atoms with Crippen LogP contribution in [-0.2, 0) is 0 Å². The smallest absolute Gasteiger partial charge is 0.211 e. The highest BCUT2D eigenvalue weighted by Crippen LogP contribution is 2.33. The normalized spacial score (nSPS) is 19.3. The molecule has 5 nitrogen and oxygen atoms in total. The second-order valence-corrected chi connectivity index (χ2v) is 4.61. The third-order valence-electron chi connectivity index (χ3n) is 2.46. The van der Waals surface area contributed by atoms with E-state index in [1.165, 1.54) is 0 Å². The SMILES string of the molecule is CC1(C)C/C(=N/N=C(N)N)c2ccccc2O1. The maximum absolute atomic E-state index is 5.86. The molecule has 17 heavy (non-hydrogen) atoms. The van der Waals surface area contributed by atoms with Crippen LogP contribution in [0.2, 0.25) is 0 Å². The minimum absolute atomic E-state index is 0.0423. The number of hydrogen-bond donors (Lipinski definition) is 2. The highest BCUT2D eigenvalue weighted by atomic mass is 16.5. The van der Waals surface area contributed by atoms with E-state index in [0.717, 1.165) is 17.0 Å². The number of ether oxygens (including phenoxy) is 1. The summed E-state index contributed by atoms with van der Waals surface area (Å²) < 4.78 is 5.86. The van der Waals surface area contributed by atoms with Crippen molar-refractivity contribution in [3.63, 3.8) is 0 Å². The van der Waals surface area contributed by atoms with Crippen LogP contribution < -0.4 is 16.2 Å². The monoisotopic (exact) mass is 232 g/mol. The lowest BCUT2D eigenvalue weighted by Gasteiger charge is -2.32. The van der Waals surface area contributed by atoms with Crippen molar-refractivity contribution in [2.75, 3.05) is 0 Å². The second kappa shape index (κ2) is 4.08. The first-order chi connectivity index (χ1) is 7.98. The number of fused-ring (bicyclic) bond motifs is 1. The van der Waals surface area contributed by atoms with Gasteiger partial charge in [0.15, 0.2) is 0 Å². The molecule has 0 spiro atoms. The van der Waals surface area contributed by atoms with Crippen LogP contribution in [0.4, 0.5) is 0 Å². The zero-order chi connectivity index (χ0) is 12.5. The molecule has 0 aromatic heterocycles. The fraction of sp³-hybridized carbons (Fsp3) is 0.333. The van der Waals surface area contributed by atoms with E-state index in [4.69, 9.17) is 16.2 Å². The standard InChI is InChI=1S/C12H16N4O/c1-12(2)7-9(15-16-11(13)14)8-5-3-4-6-10(8)17-12/h3-6H,7H2,1-2H3,(H4,13,14,16)/b15-9-. The van der Waals surface area contributed by atoms with E-state index in [0.29, 0.717) is 6.42 Å². The van der Waals surface area contributed by atoms with Crippen LogP contribution in [0, 0.1) is 0 Å². The molecule has 0 amide bonds.